The summed E-state index contributed by atoms with van der Waals surface area (Å²) in [5, 5.41) is 0. The molecule has 0 aliphatic carbocycles. The highest BCUT2D eigenvalue weighted by molar-refractivity contribution is 9.10. The number of rotatable bonds is 6. The molecule has 98 valence electrons. The summed E-state index contributed by atoms with van der Waals surface area (Å²) in [6.07, 6.45) is 7.47. The molecule has 2 heteroatoms. The molecular formula is C16H21BrO. The molecule has 0 spiro atoms. The molecule has 0 N–H and O–H groups in total. The Labute approximate surface area is 119 Å². The lowest BCUT2D eigenvalue weighted by atomic mass is 10.1. The Morgan fingerprint density at radius 3 is 2.67 bits per heavy atom. The van der Waals surface area contributed by atoms with E-state index >= 15 is 0 Å². The van der Waals surface area contributed by atoms with Crippen LogP contribution in [0.4, 0.5) is 0 Å². The Balaban J connectivity index is 2.38. The number of benzene rings is 1. The van der Waals surface area contributed by atoms with E-state index in [1.807, 2.05) is 18.2 Å². The summed E-state index contributed by atoms with van der Waals surface area (Å²) in [5.74, 6) is 7.25. The molecule has 0 aromatic heterocycles. The van der Waals surface area contributed by atoms with E-state index in [1.165, 1.54) is 32.1 Å². The van der Waals surface area contributed by atoms with Crippen LogP contribution in [0.15, 0.2) is 22.7 Å². The van der Waals surface area contributed by atoms with Gasteiger partial charge in [0.05, 0.1) is 11.6 Å². The molecular weight excluding hydrogens is 288 g/mol. The number of hydrogen-bond donors (Lipinski definition) is 0. The van der Waals surface area contributed by atoms with Crippen molar-refractivity contribution >= 4 is 15.9 Å². The standard InChI is InChI=1S/C16H21BrO/c1-3-4-5-6-7-8-9-10-14-11-12-15(17)16(13-14)18-2/h11-13H,3-8H2,1-2H3. The maximum Gasteiger partial charge on any atom is 0.134 e. The lowest BCUT2D eigenvalue weighted by Gasteiger charge is -2.02. The van der Waals surface area contributed by atoms with Crippen LogP contribution in [0.25, 0.3) is 0 Å². The summed E-state index contributed by atoms with van der Waals surface area (Å²) in [6.45, 7) is 2.24. The van der Waals surface area contributed by atoms with Crippen LogP contribution in [0.1, 0.15) is 51.0 Å². The maximum absolute atomic E-state index is 5.24. The molecule has 1 aromatic carbocycles. The first-order valence-electron chi connectivity index (χ1n) is 6.60. The van der Waals surface area contributed by atoms with Crippen molar-refractivity contribution in [1.29, 1.82) is 0 Å². The number of unbranched alkanes of at least 4 members (excludes halogenated alkanes) is 5. The van der Waals surface area contributed by atoms with Crippen LogP contribution in [0.5, 0.6) is 5.75 Å². The van der Waals surface area contributed by atoms with E-state index in [0.717, 1.165) is 22.2 Å². The molecule has 0 bridgehead atoms. The zero-order valence-corrected chi connectivity index (χ0v) is 12.8. The maximum atomic E-state index is 5.24. The second-order valence-electron chi connectivity index (χ2n) is 4.32. The minimum Gasteiger partial charge on any atom is -0.496 e. The van der Waals surface area contributed by atoms with Crippen LogP contribution in [-0.4, -0.2) is 7.11 Å². The van der Waals surface area contributed by atoms with E-state index in [9.17, 15) is 0 Å². The molecule has 0 fully saturated rings. The Morgan fingerprint density at radius 2 is 1.94 bits per heavy atom. The van der Waals surface area contributed by atoms with E-state index in [-0.39, 0.29) is 0 Å². The van der Waals surface area contributed by atoms with Gasteiger partial charge in [-0.05, 0) is 40.5 Å². The number of halogens is 1. The zero-order valence-electron chi connectivity index (χ0n) is 11.3. The van der Waals surface area contributed by atoms with E-state index < -0.39 is 0 Å². The number of hydrogen-bond acceptors (Lipinski definition) is 1. The largest absolute Gasteiger partial charge is 0.496 e. The summed E-state index contributed by atoms with van der Waals surface area (Å²) in [7, 11) is 1.67. The van der Waals surface area contributed by atoms with Crippen molar-refractivity contribution in [2.24, 2.45) is 0 Å². The van der Waals surface area contributed by atoms with Gasteiger partial charge in [0.1, 0.15) is 5.75 Å². The van der Waals surface area contributed by atoms with Crippen molar-refractivity contribution in [1.82, 2.24) is 0 Å². The van der Waals surface area contributed by atoms with E-state index in [0.29, 0.717) is 0 Å². The van der Waals surface area contributed by atoms with Crippen LogP contribution in [0.3, 0.4) is 0 Å². The van der Waals surface area contributed by atoms with Crippen LogP contribution >= 0.6 is 15.9 Å². The molecule has 0 saturated carbocycles. The predicted octanol–water partition coefficient (Wildman–Crippen LogP) is 5.17. The number of methoxy groups -OCH3 is 1. The quantitative estimate of drug-likeness (QED) is 0.520. The van der Waals surface area contributed by atoms with Crippen molar-refractivity contribution in [3.63, 3.8) is 0 Å². The SMILES string of the molecule is CCCCCCCC#Cc1ccc(Br)c(OC)c1. The van der Waals surface area contributed by atoms with Crippen molar-refractivity contribution in [2.75, 3.05) is 7.11 Å². The lowest BCUT2D eigenvalue weighted by molar-refractivity contribution is 0.412. The first-order chi connectivity index (χ1) is 8.77. The average molecular weight is 309 g/mol. The van der Waals surface area contributed by atoms with E-state index in [1.54, 1.807) is 7.11 Å². The van der Waals surface area contributed by atoms with Gasteiger partial charge in [-0.1, -0.05) is 44.4 Å². The normalized spacial score (nSPS) is 9.72. The summed E-state index contributed by atoms with van der Waals surface area (Å²) < 4.78 is 6.21. The molecule has 18 heavy (non-hydrogen) atoms. The molecule has 0 heterocycles. The molecule has 0 saturated heterocycles. The highest BCUT2D eigenvalue weighted by Crippen LogP contribution is 2.25. The van der Waals surface area contributed by atoms with Gasteiger partial charge in [-0.3, -0.25) is 0 Å². The monoisotopic (exact) mass is 308 g/mol. The first-order valence-corrected chi connectivity index (χ1v) is 7.39. The highest BCUT2D eigenvalue weighted by Gasteiger charge is 1.98. The highest BCUT2D eigenvalue weighted by atomic mass is 79.9. The molecule has 0 atom stereocenters. The molecule has 1 aromatic rings. The topological polar surface area (TPSA) is 9.23 Å². The van der Waals surface area contributed by atoms with Gasteiger partial charge in [-0.15, -0.1) is 0 Å². The second-order valence-corrected chi connectivity index (χ2v) is 5.17. The van der Waals surface area contributed by atoms with Gasteiger partial charge >= 0.3 is 0 Å². The Bertz CT molecular complexity index is 415. The minimum absolute atomic E-state index is 0.838. The van der Waals surface area contributed by atoms with E-state index in [2.05, 4.69) is 34.7 Å². The predicted molar refractivity (Wildman–Crippen MR) is 80.9 cm³/mol. The van der Waals surface area contributed by atoms with Crippen LogP contribution in [-0.2, 0) is 0 Å². The zero-order chi connectivity index (χ0) is 13.2. The van der Waals surface area contributed by atoms with E-state index in [4.69, 9.17) is 4.74 Å². The Kier molecular flexibility index (Phi) is 7.60. The third kappa shape index (κ3) is 5.60. The van der Waals surface area contributed by atoms with Gasteiger partial charge in [0.2, 0.25) is 0 Å². The minimum atomic E-state index is 0.838. The summed E-state index contributed by atoms with van der Waals surface area (Å²) in [5.41, 5.74) is 1.02. The molecule has 0 radical (unpaired) electrons. The average Bonchev–Trinajstić information content (AvgIpc) is 2.39. The van der Waals surface area contributed by atoms with Gasteiger partial charge in [-0.2, -0.15) is 0 Å². The van der Waals surface area contributed by atoms with Gasteiger partial charge < -0.3 is 4.74 Å². The van der Waals surface area contributed by atoms with Crippen molar-refractivity contribution < 1.29 is 4.74 Å². The van der Waals surface area contributed by atoms with Gasteiger partial charge in [-0.25, -0.2) is 0 Å². The van der Waals surface area contributed by atoms with Crippen LogP contribution < -0.4 is 4.74 Å². The second kappa shape index (κ2) is 9.05. The van der Waals surface area contributed by atoms with Gasteiger partial charge in [0.25, 0.3) is 0 Å². The smallest absolute Gasteiger partial charge is 0.134 e. The lowest BCUT2D eigenvalue weighted by Crippen LogP contribution is -1.85. The third-order valence-electron chi connectivity index (χ3n) is 2.79. The first kappa shape index (κ1) is 15.1. The van der Waals surface area contributed by atoms with Crippen LogP contribution in [0.2, 0.25) is 0 Å². The van der Waals surface area contributed by atoms with Crippen molar-refractivity contribution in [2.45, 2.75) is 45.4 Å². The van der Waals surface area contributed by atoms with Gasteiger partial charge in [0, 0.05) is 12.0 Å². The molecule has 0 aliphatic rings. The molecule has 1 rings (SSSR count). The summed E-state index contributed by atoms with van der Waals surface area (Å²) in [4.78, 5) is 0. The van der Waals surface area contributed by atoms with Crippen molar-refractivity contribution in [3.8, 4) is 17.6 Å². The molecule has 0 aliphatic heterocycles. The van der Waals surface area contributed by atoms with Crippen molar-refractivity contribution in [3.05, 3.63) is 28.2 Å². The summed E-state index contributed by atoms with van der Waals surface area (Å²) in [6, 6.07) is 5.95. The number of ether oxygens (including phenoxy) is 1. The molecule has 1 nitrogen and oxygen atoms in total. The van der Waals surface area contributed by atoms with Gasteiger partial charge in [0.15, 0.2) is 0 Å². The Morgan fingerprint density at radius 1 is 1.17 bits per heavy atom. The van der Waals surface area contributed by atoms with Crippen LogP contribution in [0, 0.1) is 11.8 Å². The molecule has 0 amide bonds. The fraction of sp³-hybridized carbons (Fsp3) is 0.500. The third-order valence-corrected chi connectivity index (χ3v) is 3.44. The fourth-order valence-electron chi connectivity index (χ4n) is 1.72. The Hall–Kier alpha value is -0.940. The summed E-state index contributed by atoms with van der Waals surface area (Å²) >= 11 is 3.43. The molecule has 0 unspecified atom stereocenters. The fourth-order valence-corrected chi connectivity index (χ4v) is 2.13.